The zero-order chi connectivity index (χ0) is 11.5. The monoisotopic (exact) mass is 297 g/mol. The van der Waals surface area contributed by atoms with Crippen molar-refractivity contribution in [1.29, 1.82) is 0 Å². The largest absolute Gasteiger partial charge is 0.245 e. The normalized spacial score (nSPS) is 10.4. The first-order valence-electron chi connectivity index (χ1n) is 4.71. The fraction of sp³-hybridized carbons (Fsp3) is 0.0833. The number of rotatable bonds is 2. The Morgan fingerprint density at radius 2 is 1.94 bits per heavy atom. The SMILES string of the molecule is Cc1ccc(Sc2ncc(Br)cc2F)cc1. The third-order valence-electron chi connectivity index (χ3n) is 2.01. The van der Waals surface area contributed by atoms with E-state index >= 15 is 0 Å². The van der Waals surface area contributed by atoms with Gasteiger partial charge in [0.1, 0.15) is 5.03 Å². The number of pyridine rings is 1. The number of hydrogen-bond acceptors (Lipinski definition) is 2. The van der Waals surface area contributed by atoms with E-state index in [1.807, 2.05) is 31.2 Å². The van der Waals surface area contributed by atoms with E-state index in [1.54, 1.807) is 6.20 Å². The van der Waals surface area contributed by atoms with Gasteiger partial charge in [0.05, 0.1) is 0 Å². The molecular formula is C12H9BrFNS. The maximum absolute atomic E-state index is 13.5. The first-order valence-corrected chi connectivity index (χ1v) is 6.31. The average molecular weight is 298 g/mol. The summed E-state index contributed by atoms with van der Waals surface area (Å²) in [5.41, 5.74) is 1.19. The molecule has 16 heavy (non-hydrogen) atoms. The van der Waals surface area contributed by atoms with E-state index in [4.69, 9.17) is 0 Å². The third kappa shape index (κ3) is 2.83. The van der Waals surface area contributed by atoms with Gasteiger partial charge >= 0.3 is 0 Å². The summed E-state index contributed by atoms with van der Waals surface area (Å²) in [5, 5.41) is 0.395. The van der Waals surface area contributed by atoms with Crippen LogP contribution >= 0.6 is 27.7 Å². The van der Waals surface area contributed by atoms with Gasteiger partial charge in [0, 0.05) is 15.6 Å². The summed E-state index contributed by atoms with van der Waals surface area (Å²) in [6, 6.07) is 9.34. The smallest absolute Gasteiger partial charge is 0.156 e. The second-order valence-electron chi connectivity index (χ2n) is 3.36. The van der Waals surface area contributed by atoms with Crippen molar-refractivity contribution in [2.24, 2.45) is 0 Å². The first-order chi connectivity index (χ1) is 7.65. The van der Waals surface area contributed by atoms with Gasteiger partial charge in [-0.05, 0) is 41.1 Å². The van der Waals surface area contributed by atoms with Crippen molar-refractivity contribution in [3.05, 3.63) is 52.4 Å². The standard InChI is InChI=1S/C12H9BrFNS/c1-8-2-4-10(5-3-8)16-12-11(14)6-9(13)7-15-12/h2-7H,1H3. The second kappa shape index (κ2) is 4.97. The van der Waals surface area contributed by atoms with Gasteiger partial charge in [-0.15, -0.1) is 0 Å². The van der Waals surface area contributed by atoms with E-state index < -0.39 is 0 Å². The molecule has 0 N–H and O–H groups in total. The predicted octanol–water partition coefficient (Wildman–Crippen LogP) is 4.44. The molecule has 2 rings (SSSR count). The van der Waals surface area contributed by atoms with Crippen molar-refractivity contribution in [2.75, 3.05) is 0 Å². The van der Waals surface area contributed by atoms with Gasteiger partial charge in [-0.2, -0.15) is 0 Å². The highest BCUT2D eigenvalue weighted by molar-refractivity contribution is 9.10. The molecule has 0 bridgehead atoms. The summed E-state index contributed by atoms with van der Waals surface area (Å²) < 4.78 is 14.2. The fourth-order valence-corrected chi connectivity index (χ4v) is 2.26. The molecule has 0 radical (unpaired) electrons. The molecule has 4 heteroatoms. The summed E-state index contributed by atoms with van der Waals surface area (Å²) in [7, 11) is 0. The molecule has 1 aromatic heterocycles. The molecule has 1 aromatic carbocycles. The third-order valence-corrected chi connectivity index (χ3v) is 3.44. The lowest BCUT2D eigenvalue weighted by atomic mass is 10.2. The molecule has 0 saturated heterocycles. The van der Waals surface area contributed by atoms with Gasteiger partial charge in [-0.1, -0.05) is 29.5 Å². The van der Waals surface area contributed by atoms with Crippen molar-refractivity contribution < 1.29 is 4.39 Å². The van der Waals surface area contributed by atoms with E-state index in [1.165, 1.54) is 23.4 Å². The van der Waals surface area contributed by atoms with Crippen LogP contribution in [-0.4, -0.2) is 4.98 Å². The molecule has 2 aromatic rings. The van der Waals surface area contributed by atoms with E-state index in [9.17, 15) is 4.39 Å². The number of aryl methyl sites for hydroxylation is 1. The maximum Gasteiger partial charge on any atom is 0.156 e. The van der Waals surface area contributed by atoms with Crippen LogP contribution in [0.5, 0.6) is 0 Å². The zero-order valence-corrected chi connectivity index (χ0v) is 11.0. The molecule has 0 spiro atoms. The van der Waals surface area contributed by atoms with Crippen molar-refractivity contribution in [2.45, 2.75) is 16.8 Å². The van der Waals surface area contributed by atoms with Crippen molar-refractivity contribution >= 4 is 27.7 Å². The lowest BCUT2D eigenvalue weighted by Crippen LogP contribution is -1.86. The van der Waals surface area contributed by atoms with Crippen molar-refractivity contribution in [3.63, 3.8) is 0 Å². The average Bonchev–Trinajstić information content (AvgIpc) is 2.25. The summed E-state index contributed by atoms with van der Waals surface area (Å²) in [6.45, 7) is 2.02. The molecule has 0 aliphatic carbocycles. The lowest BCUT2D eigenvalue weighted by Gasteiger charge is -2.02. The minimum atomic E-state index is -0.306. The number of hydrogen-bond donors (Lipinski definition) is 0. The maximum atomic E-state index is 13.5. The number of nitrogens with zero attached hydrogens (tertiary/aromatic N) is 1. The molecular weight excluding hydrogens is 289 g/mol. The first kappa shape index (κ1) is 11.6. The van der Waals surface area contributed by atoms with Gasteiger partial charge < -0.3 is 0 Å². The van der Waals surface area contributed by atoms with Crippen LogP contribution in [0.3, 0.4) is 0 Å². The predicted molar refractivity (Wildman–Crippen MR) is 67.2 cm³/mol. The van der Waals surface area contributed by atoms with E-state index in [0.717, 1.165) is 4.90 Å². The molecule has 0 amide bonds. The fourth-order valence-electron chi connectivity index (χ4n) is 1.20. The minimum Gasteiger partial charge on any atom is -0.245 e. The number of aromatic nitrogens is 1. The molecule has 0 aliphatic rings. The van der Waals surface area contributed by atoms with Gasteiger partial charge in [-0.25, -0.2) is 9.37 Å². The Kier molecular flexibility index (Phi) is 3.61. The van der Waals surface area contributed by atoms with Crippen LogP contribution in [0, 0.1) is 12.7 Å². The van der Waals surface area contributed by atoms with Crippen LogP contribution < -0.4 is 0 Å². The Bertz CT molecular complexity index is 499. The van der Waals surface area contributed by atoms with Crippen molar-refractivity contribution in [3.8, 4) is 0 Å². The lowest BCUT2D eigenvalue weighted by molar-refractivity contribution is 0.586. The molecule has 0 fully saturated rings. The molecule has 0 atom stereocenters. The quantitative estimate of drug-likeness (QED) is 0.813. The summed E-state index contributed by atoms with van der Waals surface area (Å²) in [5.74, 6) is -0.306. The van der Waals surface area contributed by atoms with Crippen LogP contribution in [0.4, 0.5) is 4.39 Å². The van der Waals surface area contributed by atoms with Crippen molar-refractivity contribution in [1.82, 2.24) is 4.98 Å². The summed E-state index contributed by atoms with van der Waals surface area (Å²) in [6.07, 6.45) is 1.60. The Morgan fingerprint density at radius 1 is 1.25 bits per heavy atom. The van der Waals surface area contributed by atoms with Crippen LogP contribution in [0.1, 0.15) is 5.56 Å². The van der Waals surface area contributed by atoms with Gasteiger partial charge in [0.2, 0.25) is 0 Å². The Balaban J connectivity index is 2.23. The molecule has 1 heterocycles. The Hall–Kier alpha value is -0.870. The molecule has 0 aliphatic heterocycles. The summed E-state index contributed by atoms with van der Waals surface area (Å²) >= 11 is 4.50. The Morgan fingerprint density at radius 3 is 2.56 bits per heavy atom. The van der Waals surface area contributed by atoms with Crippen LogP contribution in [0.25, 0.3) is 0 Å². The van der Waals surface area contributed by atoms with Gasteiger partial charge in [0.15, 0.2) is 5.82 Å². The van der Waals surface area contributed by atoms with E-state index in [-0.39, 0.29) is 5.82 Å². The molecule has 1 nitrogen and oxygen atoms in total. The van der Waals surface area contributed by atoms with Gasteiger partial charge in [0.25, 0.3) is 0 Å². The topological polar surface area (TPSA) is 12.9 Å². The van der Waals surface area contributed by atoms with E-state index in [2.05, 4.69) is 20.9 Å². The highest BCUT2D eigenvalue weighted by atomic mass is 79.9. The van der Waals surface area contributed by atoms with E-state index in [0.29, 0.717) is 9.50 Å². The highest BCUT2D eigenvalue weighted by Crippen LogP contribution is 2.29. The molecule has 82 valence electrons. The molecule has 0 unspecified atom stereocenters. The van der Waals surface area contributed by atoms with Crippen LogP contribution in [0.15, 0.2) is 50.9 Å². The number of benzene rings is 1. The van der Waals surface area contributed by atoms with Gasteiger partial charge in [-0.3, -0.25) is 0 Å². The van der Waals surface area contributed by atoms with Crippen LogP contribution in [0.2, 0.25) is 0 Å². The second-order valence-corrected chi connectivity index (χ2v) is 5.33. The highest BCUT2D eigenvalue weighted by Gasteiger charge is 2.06. The minimum absolute atomic E-state index is 0.306. The van der Waals surface area contributed by atoms with Crippen LogP contribution in [-0.2, 0) is 0 Å². The Labute approximate surface area is 106 Å². The summed E-state index contributed by atoms with van der Waals surface area (Å²) in [4.78, 5) is 5.02. The number of halogens is 2. The zero-order valence-electron chi connectivity index (χ0n) is 8.58. The molecule has 0 saturated carbocycles.